The van der Waals surface area contributed by atoms with E-state index in [4.69, 9.17) is 4.42 Å². The van der Waals surface area contributed by atoms with Crippen molar-refractivity contribution >= 4 is 45.2 Å². The number of furan rings is 1. The number of H-pyrrole nitrogens is 1. The second-order valence-corrected chi connectivity index (χ2v) is 7.02. The summed E-state index contributed by atoms with van der Waals surface area (Å²) in [4.78, 5) is 20.6. The summed E-state index contributed by atoms with van der Waals surface area (Å²) in [7, 11) is 0. The first-order valence-corrected chi connectivity index (χ1v) is 8.16. The highest BCUT2D eigenvalue weighted by molar-refractivity contribution is 6.03. The molecule has 3 heterocycles. The summed E-state index contributed by atoms with van der Waals surface area (Å²) in [6.45, 7) is 5.59. The summed E-state index contributed by atoms with van der Waals surface area (Å²) in [6, 6.07) is 5.63. The zero-order valence-corrected chi connectivity index (χ0v) is 14.6. The van der Waals surface area contributed by atoms with Gasteiger partial charge >= 0.3 is 0 Å². The summed E-state index contributed by atoms with van der Waals surface area (Å²) in [5.74, 6) is 0.518. The lowest BCUT2D eigenvalue weighted by Gasteiger charge is -2.16. The minimum Gasteiger partial charge on any atom is -0.462 e. The monoisotopic (exact) mass is 350 g/mol. The molecule has 0 fully saturated rings. The predicted molar refractivity (Wildman–Crippen MR) is 99.3 cm³/mol. The Kier molecular flexibility index (Phi) is 3.61. The fraction of sp³-hybridized carbons (Fsp3) is 0.222. The molecule has 1 amide bonds. The number of hydrogen-bond acceptors (Lipinski definition) is 6. The Morgan fingerprint density at radius 3 is 2.81 bits per heavy atom. The van der Waals surface area contributed by atoms with Crippen LogP contribution in [0.3, 0.4) is 0 Å². The molecule has 0 spiro atoms. The minimum atomic E-state index is -0.479. The van der Waals surface area contributed by atoms with Crippen molar-refractivity contribution in [1.82, 2.24) is 20.2 Å². The minimum absolute atomic E-state index is 0.0658. The van der Waals surface area contributed by atoms with E-state index in [2.05, 4.69) is 30.8 Å². The smallest absolute Gasteiger partial charge is 0.229 e. The molecule has 0 atom stereocenters. The van der Waals surface area contributed by atoms with E-state index < -0.39 is 5.41 Å². The van der Waals surface area contributed by atoms with E-state index in [1.807, 2.05) is 39.0 Å². The van der Waals surface area contributed by atoms with Crippen LogP contribution in [0.2, 0.25) is 0 Å². The van der Waals surface area contributed by atoms with Gasteiger partial charge in [0.25, 0.3) is 0 Å². The molecule has 26 heavy (non-hydrogen) atoms. The molecule has 132 valence electrons. The highest BCUT2D eigenvalue weighted by atomic mass is 16.3. The topological polar surface area (TPSA) is 109 Å². The lowest BCUT2D eigenvalue weighted by atomic mass is 9.95. The number of nitrogens with one attached hydrogen (secondary N) is 3. The quantitative estimate of drug-likeness (QED) is 0.518. The molecule has 0 aliphatic rings. The Morgan fingerprint density at radius 2 is 2.00 bits per heavy atom. The fourth-order valence-corrected chi connectivity index (χ4v) is 2.49. The van der Waals surface area contributed by atoms with Crippen molar-refractivity contribution in [2.24, 2.45) is 5.41 Å². The summed E-state index contributed by atoms with van der Waals surface area (Å²) >= 11 is 0. The van der Waals surface area contributed by atoms with Gasteiger partial charge in [-0.25, -0.2) is 9.97 Å². The maximum atomic E-state index is 12.2. The van der Waals surface area contributed by atoms with Gasteiger partial charge in [-0.2, -0.15) is 5.10 Å². The van der Waals surface area contributed by atoms with Crippen LogP contribution in [-0.2, 0) is 4.79 Å². The van der Waals surface area contributed by atoms with Crippen molar-refractivity contribution in [3.8, 4) is 0 Å². The van der Waals surface area contributed by atoms with Crippen LogP contribution in [-0.4, -0.2) is 26.1 Å². The highest BCUT2D eigenvalue weighted by Crippen LogP contribution is 2.31. The van der Waals surface area contributed by atoms with E-state index in [1.165, 1.54) is 0 Å². The molecule has 0 aliphatic carbocycles. The molecule has 4 rings (SSSR count). The van der Waals surface area contributed by atoms with Gasteiger partial charge in [0.05, 0.1) is 5.69 Å². The third-order valence-electron chi connectivity index (χ3n) is 3.96. The number of amides is 1. The molecule has 3 N–H and O–H groups in total. The number of aromatic amines is 1. The molecule has 0 aliphatic heterocycles. The Labute approximate surface area is 149 Å². The Hall–Kier alpha value is -3.42. The van der Waals surface area contributed by atoms with Gasteiger partial charge in [0.2, 0.25) is 5.91 Å². The lowest BCUT2D eigenvalue weighted by molar-refractivity contribution is -0.123. The van der Waals surface area contributed by atoms with E-state index in [-0.39, 0.29) is 5.91 Å². The predicted octanol–water partition coefficient (Wildman–Crippen LogP) is 3.83. The Morgan fingerprint density at radius 1 is 1.19 bits per heavy atom. The maximum Gasteiger partial charge on any atom is 0.229 e. The number of nitrogens with zero attached hydrogens (tertiary/aromatic N) is 3. The van der Waals surface area contributed by atoms with Crippen molar-refractivity contribution < 1.29 is 9.21 Å². The van der Waals surface area contributed by atoms with E-state index in [0.717, 1.165) is 11.1 Å². The second-order valence-electron chi connectivity index (χ2n) is 7.02. The normalized spacial score (nSPS) is 11.8. The number of rotatable bonds is 3. The standard InChI is InChI=1S/C18H18N6O2/c1-18(2,3)17(25)22-12-9-26-13-8-10(4-5-11(12)13)21-16-14-15(23-24-16)20-7-6-19-14/h4-9H,1-3H3,(H,22,25)(H2,20,21,23,24). The van der Waals surface area contributed by atoms with E-state index in [0.29, 0.717) is 28.3 Å². The van der Waals surface area contributed by atoms with Crippen molar-refractivity contribution in [2.75, 3.05) is 10.6 Å². The van der Waals surface area contributed by atoms with Gasteiger partial charge in [-0.3, -0.25) is 9.89 Å². The summed E-state index contributed by atoms with van der Waals surface area (Å²) < 4.78 is 5.60. The van der Waals surface area contributed by atoms with Gasteiger partial charge in [-0.15, -0.1) is 0 Å². The summed E-state index contributed by atoms with van der Waals surface area (Å²) in [6.07, 6.45) is 4.77. The molecule has 8 heteroatoms. The number of fused-ring (bicyclic) bond motifs is 2. The van der Waals surface area contributed by atoms with E-state index in [9.17, 15) is 4.79 Å². The van der Waals surface area contributed by atoms with Crippen LogP contribution >= 0.6 is 0 Å². The van der Waals surface area contributed by atoms with Crippen molar-refractivity contribution in [3.63, 3.8) is 0 Å². The molecular weight excluding hydrogens is 332 g/mol. The zero-order valence-electron chi connectivity index (χ0n) is 14.6. The SMILES string of the molecule is CC(C)(C)C(=O)Nc1coc2cc(Nc3n[nH]c4nccnc34)ccc12. The molecule has 0 saturated heterocycles. The molecule has 8 nitrogen and oxygen atoms in total. The second kappa shape index (κ2) is 5.83. The Bertz CT molecular complexity index is 1110. The van der Waals surface area contributed by atoms with Crippen LogP contribution in [0.15, 0.2) is 41.3 Å². The largest absolute Gasteiger partial charge is 0.462 e. The first-order chi connectivity index (χ1) is 12.4. The third-order valence-corrected chi connectivity index (χ3v) is 3.96. The fourth-order valence-electron chi connectivity index (χ4n) is 2.49. The van der Waals surface area contributed by atoms with Gasteiger partial charge in [0.1, 0.15) is 11.8 Å². The first-order valence-electron chi connectivity index (χ1n) is 8.16. The van der Waals surface area contributed by atoms with Crippen LogP contribution < -0.4 is 10.6 Å². The number of hydrogen-bond donors (Lipinski definition) is 3. The molecule has 3 aromatic heterocycles. The molecule has 4 aromatic rings. The average Bonchev–Trinajstić information content (AvgIpc) is 3.19. The average molecular weight is 350 g/mol. The molecule has 0 saturated carbocycles. The lowest BCUT2D eigenvalue weighted by Crippen LogP contribution is -2.27. The Balaban J connectivity index is 1.62. The number of carbonyl (C=O) groups excluding carboxylic acids is 1. The van der Waals surface area contributed by atoms with Crippen LogP contribution in [0.5, 0.6) is 0 Å². The highest BCUT2D eigenvalue weighted by Gasteiger charge is 2.22. The number of aromatic nitrogens is 4. The van der Waals surface area contributed by atoms with Gasteiger partial charge in [0.15, 0.2) is 17.0 Å². The van der Waals surface area contributed by atoms with Crippen LogP contribution in [0.1, 0.15) is 20.8 Å². The van der Waals surface area contributed by atoms with Crippen LogP contribution in [0.4, 0.5) is 17.2 Å². The van der Waals surface area contributed by atoms with E-state index in [1.54, 1.807) is 18.7 Å². The molecule has 1 aromatic carbocycles. The molecule has 0 bridgehead atoms. The van der Waals surface area contributed by atoms with Crippen LogP contribution in [0, 0.1) is 5.41 Å². The molecular formula is C18H18N6O2. The summed E-state index contributed by atoms with van der Waals surface area (Å²) in [5.41, 5.74) is 2.89. The van der Waals surface area contributed by atoms with Gasteiger partial charge in [-0.05, 0) is 12.1 Å². The van der Waals surface area contributed by atoms with E-state index >= 15 is 0 Å². The van der Waals surface area contributed by atoms with Crippen LogP contribution in [0.25, 0.3) is 22.1 Å². The van der Waals surface area contributed by atoms with Gasteiger partial charge in [-0.1, -0.05) is 20.8 Å². The molecule has 0 unspecified atom stereocenters. The molecule has 0 radical (unpaired) electrons. The van der Waals surface area contributed by atoms with Gasteiger partial charge in [0, 0.05) is 34.9 Å². The number of carbonyl (C=O) groups is 1. The van der Waals surface area contributed by atoms with Crippen molar-refractivity contribution in [3.05, 3.63) is 36.9 Å². The number of benzene rings is 1. The first kappa shape index (κ1) is 16.1. The number of anilines is 3. The maximum absolute atomic E-state index is 12.2. The van der Waals surface area contributed by atoms with Gasteiger partial charge < -0.3 is 15.1 Å². The third kappa shape index (κ3) is 2.85. The van der Waals surface area contributed by atoms with Crippen molar-refractivity contribution in [2.45, 2.75) is 20.8 Å². The zero-order chi connectivity index (χ0) is 18.3. The van der Waals surface area contributed by atoms with Crippen molar-refractivity contribution in [1.29, 1.82) is 0 Å². The summed E-state index contributed by atoms with van der Waals surface area (Å²) in [5, 5.41) is 14.0.